The quantitative estimate of drug-likeness (QED) is 0.805. The minimum absolute atomic E-state index is 0.282. The Bertz CT molecular complexity index is 279. The van der Waals surface area contributed by atoms with Crippen molar-refractivity contribution in [3.8, 4) is 6.07 Å². The van der Waals surface area contributed by atoms with E-state index in [1.807, 2.05) is 14.0 Å². The smallest absolute Gasteiger partial charge is 0.105 e. The van der Waals surface area contributed by atoms with Crippen LogP contribution in [0.5, 0.6) is 0 Å². The molecule has 0 aromatic rings. The van der Waals surface area contributed by atoms with Crippen molar-refractivity contribution in [2.75, 3.05) is 20.1 Å². The van der Waals surface area contributed by atoms with E-state index < -0.39 is 5.54 Å². The van der Waals surface area contributed by atoms with Gasteiger partial charge >= 0.3 is 0 Å². The monoisotopic (exact) mass is 239 g/mol. The second kappa shape index (κ2) is 5.81. The van der Waals surface area contributed by atoms with Crippen molar-refractivity contribution in [1.29, 1.82) is 5.26 Å². The van der Waals surface area contributed by atoms with E-state index in [2.05, 4.69) is 37.1 Å². The van der Waals surface area contributed by atoms with E-state index in [4.69, 9.17) is 4.74 Å². The van der Waals surface area contributed by atoms with E-state index in [1.54, 1.807) is 0 Å². The molecule has 1 saturated heterocycles. The van der Waals surface area contributed by atoms with Crippen molar-refractivity contribution >= 4 is 0 Å². The summed E-state index contributed by atoms with van der Waals surface area (Å²) < 4.78 is 5.73. The number of nitrogens with zero attached hydrogens (tertiary/aromatic N) is 2. The molecule has 4 atom stereocenters. The molecule has 4 unspecified atom stereocenters. The lowest BCUT2D eigenvalue weighted by atomic mass is 9.94. The third-order valence-corrected chi connectivity index (χ3v) is 3.57. The summed E-state index contributed by atoms with van der Waals surface area (Å²) in [5.74, 6) is 0. The Labute approximate surface area is 105 Å². The van der Waals surface area contributed by atoms with Gasteiger partial charge in [0.15, 0.2) is 0 Å². The highest BCUT2D eigenvalue weighted by molar-refractivity contribution is 5.04. The molecule has 1 rings (SSSR count). The summed E-state index contributed by atoms with van der Waals surface area (Å²) in [5.41, 5.74) is -0.440. The second-order valence-electron chi connectivity index (χ2n) is 5.46. The Morgan fingerprint density at radius 2 is 2.00 bits per heavy atom. The molecular formula is C13H25N3O. The Hall–Kier alpha value is -0.630. The fraction of sp³-hybridized carbons (Fsp3) is 0.923. The number of ether oxygens (including phenoxy) is 1. The summed E-state index contributed by atoms with van der Waals surface area (Å²) in [7, 11) is 1.85. The first kappa shape index (κ1) is 14.4. The zero-order valence-corrected chi connectivity index (χ0v) is 11.7. The molecule has 98 valence electrons. The van der Waals surface area contributed by atoms with Crippen LogP contribution in [0.25, 0.3) is 0 Å². The standard InChI is InChI=1S/C13H25N3O/c1-10(6-13(4,9-14)15-5)16-7-11(2)17-12(3)8-16/h10-12,15H,6-8H2,1-5H3. The van der Waals surface area contributed by atoms with Crippen LogP contribution in [0.1, 0.15) is 34.1 Å². The predicted molar refractivity (Wildman–Crippen MR) is 68.7 cm³/mol. The molecular weight excluding hydrogens is 214 g/mol. The first-order valence-corrected chi connectivity index (χ1v) is 6.40. The third kappa shape index (κ3) is 3.95. The maximum absolute atomic E-state index is 9.18. The van der Waals surface area contributed by atoms with Gasteiger partial charge < -0.3 is 10.1 Å². The van der Waals surface area contributed by atoms with Crippen molar-refractivity contribution in [1.82, 2.24) is 10.2 Å². The molecule has 17 heavy (non-hydrogen) atoms. The minimum atomic E-state index is -0.440. The molecule has 1 fully saturated rings. The number of nitrogens with one attached hydrogen (secondary N) is 1. The number of nitriles is 1. The molecule has 0 amide bonds. The third-order valence-electron chi connectivity index (χ3n) is 3.57. The summed E-state index contributed by atoms with van der Waals surface area (Å²) in [6.07, 6.45) is 1.40. The lowest BCUT2D eigenvalue weighted by Crippen LogP contribution is -2.52. The zero-order valence-electron chi connectivity index (χ0n) is 11.7. The number of rotatable bonds is 4. The predicted octanol–water partition coefficient (Wildman–Crippen LogP) is 1.38. The highest BCUT2D eigenvalue weighted by atomic mass is 16.5. The largest absolute Gasteiger partial charge is 0.373 e. The Morgan fingerprint density at radius 3 is 2.41 bits per heavy atom. The van der Waals surface area contributed by atoms with E-state index in [0.29, 0.717) is 6.04 Å². The molecule has 1 heterocycles. The van der Waals surface area contributed by atoms with Gasteiger partial charge in [0.25, 0.3) is 0 Å². The average molecular weight is 239 g/mol. The zero-order chi connectivity index (χ0) is 13.1. The lowest BCUT2D eigenvalue weighted by molar-refractivity contribution is -0.0805. The summed E-state index contributed by atoms with van der Waals surface area (Å²) in [6, 6.07) is 2.74. The minimum Gasteiger partial charge on any atom is -0.373 e. The fourth-order valence-corrected chi connectivity index (χ4v) is 2.50. The average Bonchev–Trinajstić information content (AvgIpc) is 2.27. The summed E-state index contributed by atoms with van der Waals surface area (Å²) in [5, 5.41) is 12.3. The van der Waals surface area contributed by atoms with Gasteiger partial charge in [0, 0.05) is 19.1 Å². The Kier molecular flexibility index (Phi) is 4.93. The van der Waals surface area contributed by atoms with Crippen LogP contribution in [0.15, 0.2) is 0 Å². The van der Waals surface area contributed by atoms with Gasteiger partial charge in [-0.3, -0.25) is 4.90 Å². The van der Waals surface area contributed by atoms with Gasteiger partial charge in [-0.1, -0.05) is 0 Å². The summed E-state index contributed by atoms with van der Waals surface area (Å²) >= 11 is 0. The first-order valence-electron chi connectivity index (χ1n) is 6.40. The van der Waals surface area contributed by atoms with Gasteiger partial charge in [0.2, 0.25) is 0 Å². The van der Waals surface area contributed by atoms with Crippen LogP contribution in [0.2, 0.25) is 0 Å². The van der Waals surface area contributed by atoms with Crippen LogP contribution in [-0.4, -0.2) is 48.8 Å². The van der Waals surface area contributed by atoms with Crippen molar-refractivity contribution in [3.63, 3.8) is 0 Å². The molecule has 0 aliphatic carbocycles. The van der Waals surface area contributed by atoms with Crippen molar-refractivity contribution < 1.29 is 4.74 Å². The molecule has 1 aliphatic rings. The first-order chi connectivity index (χ1) is 7.90. The molecule has 4 nitrogen and oxygen atoms in total. The number of hydrogen-bond donors (Lipinski definition) is 1. The lowest BCUT2D eigenvalue weighted by Gasteiger charge is -2.40. The van der Waals surface area contributed by atoms with Gasteiger partial charge in [0.05, 0.1) is 18.3 Å². The SMILES string of the molecule is CNC(C)(C#N)CC(C)N1CC(C)OC(C)C1. The highest BCUT2D eigenvalue weighted by Gasteiger charge is 2.31. The normalized spacial score (nSPS) is 31.5. The van der Waals surface area contributed by atoms with E-state index >= 15 is 0 Å². The molecule has 0 aromatic carbocycles. The van der Waals surface area contributed by atoms with Gasteiger partial charge in [0.1, 0.15) is 5.54 Å². The van der Waals surface area contributed by atoms with Crippen molar-refractivity contribution in [2.45, 2.75) is 57.9 Å². The topological polar surface area (TPSA) is 48.3 Å². The van der Waals surface area contributed by atoms with Crippen molar-refractivity contribution in [2.24, 2.45) is 0 Å². The van der Waals surface area contributed by atoms with Crippen LogP contribution in [0.3, 0.4) is 0 Å². The highest BCUT2D eigenvalue weighted by Crippen LogP contribution is 2.19. The maximum Gasteiger partial charge on any atom is 0.105 e. The molecule has 0 aromatic heterocycles. The van der Waals surface area contributed by atoms with Gasteiger partial charge in [-0.25, -0.2) is 0 Å². The second-order valence-corrected chi connectivity index (χ2v) is 5.46. The Morgan fingerprint density at radius 1 is 1.47 bits per heavy atom. The van der Waals surface area contributed by atoms with Crippen LogP contribution in [-0.2, 0) is 4.74 Å². The molecule has 1 N–H and O–H groups in total. The van der Waals surface area contributed by atoms with E-state index in [-0.39, 0.29) is 12.2 Å². The van der Waals surface area contributed by atoms with Gasteiger partial charge in [-0.05, 0) is 41.2 Å². The van der Waals surface area contributed by atoms with Crippen molar-refractivity contribution in [3.05, 3.63) is 0 Å². The van der Waals surface area contributed by atoms with E-state index in [9.17, 15) is 5.26 Å². The molecule has 0 spiro atoms. The molecule has 4 heteroatoms. The summed E-state index contributed by atoms with van der Waals surface area (Å²) in [6.45, 7) is 10.3. The van der Waals surface area contributed by atoms with E-state index in [0.717, 1.165) is 19.5 Å². The molecule has 1 aliphatic heterocycles. The van der Waals surface area contributed by atoms with Crippen LogP contribution in [0, 0.1) is 11.3 Å². The fourth-order valence-electron chi connectivity index (χ4n) is 2.50. The van der Waals surface area contributed by atoms with Gasteiger partial charge in [-0.15, -0.1) is 0 Å². The molecule has 0 radical (unpaired) electrons. The van der Waals surface area contributed by atoms with Crippen LogP contribution < -0.4 is 5.32 Å². The molecule has 0 bridgehead atoms. The van der Waals surface area contributed by atoms with E-state index in [1.165, 1.54) is 0 Å². The number of hydrogen-bond acceptors (Lipinski definition) is 4. The van der Waals surface area contributed by atoms with Crippen LogP contribution in [0.4, 0.5) is 0 Å². The molecule has 0 saturated carbocycles. The van der Waals surface area contributed by atoms with Gasteiger partial charge in [-0.2, -0.15) is 5.26 Å². The number of morpholine rings is 1. The maximum atomic E-state index is 9.18. The van der Waals surface area contributed by atoms with Crippen LogP contribution >= 0.6 is 0 Å². The summed E-state index contributed by atoms with van der Waals surface area (Å²) in [4.78, 5) is 2.42. The Balaban J connectivity index is 2.58.